The topological polar surface area (TPSA) is 27.7 Å². The molecule has 6 aromatic carbocycles. The van der Waals surface area contributed by atoms with E-state index in [9.17, 15) is 0 Å². The van der Waals surface area contributed by atoms with E-state index in [1.54, 1.807) is 0 Å². The van der Waals surface area contributed by atoms with E-state index in [2.05, 4.69) is 79.7 Å². The van der Waals surface area contributed by atoms with Crippen LogP contribution in [0.4, 0.5) is 0 Å². The van der Waals surface area contributed by atoms with Gasteiger partial charge in [0, 0.05) is 0 Å². The van der Waals surface area contributed by atoms with Gasteiger partial charge in [0.2, 0.25) is 0 Å². The van der Waals surface area contributed by atoms with Crippen molar-refractivity contribution in [2.24, 2.45) is 0 Å². The minimum absolute atomic E-state index is 0.818. The minimum atomic E-state index is -3.26. The SMILES string of the molecule is CCCCCCCCCCCCCCCCCCP(Br)(c1ccc(Oc2ccccc2)cc1)(c1ccc(Oc2ccccc2)cc1)c1ccc(Oc2ccccc2)cc1. The normalized spacial score (nSPS) is 12.1. The van der Waals surface area contributed by atoms with Crippen molar-refractivity contribution in [2.45, 2.75) is 110 Å². The fraction of sp³-hybridized carbons (Fsp3) is 0.333. The summed E-state index contributed by atoms with van der Waals surface area (Å²) in [5, 5.41) is 0.547. The number of halogens is 1. The van der Waals surface area contributed by atoms with Gasteiger partial charge in [-0.05, 0) is 0 Å². The molecule has 0 aliphatic rings. The third-order valence-corrected chi connectivity index (χ3v) is 21.5. The van der Waals surface area contributed by atoms with E-state index in [4.69, 9.17) is 29.7 Å². The summed E-state index contributed by atoms with van der Waals surface area (Å²) in [6.07, 6.45) is 22.6. The Balaban J connectivity index is 1.21. The Morgan fingerprint density at radius 2 is 0.542 bits per heavy atom. The average Bonchev–Trinajstić information content (AvgIpc) is 3.28. The van der Waals surface area contributed by atoms with Gasteiger partial charge in [-0.1, -0.05) is 39.0 Å². The number of hydrogen-bond donors (Lipinski definition) is 0. The van der Waals surface area contributed by atoms with E-state index in [1.165, 1.54) is 112 Å². The van der Waals surface area contributed by atoms with Crippen LogP contribution >= 0.6 is 20.8 Å². The van der Waals surface area contributed by atoms with Gasteiger partial charge in [0.25, 0.3) is 0 Å². The fourth-order valence-corrected chi connectivity index (χ4v) is 15.8. The van der Waals surface area contributed by atoms with Gasteiger partial charge in [-0.2, -0.15) is 0 Å². The molecule has 0 atom stereocenters. The molecule has 0 aliphatic heterocycles. The van der Waals surface area contributed by atoms with Gasteiger partial charge in [0.15, 0.2) is 0 Å². The summed E-state index contributed by atoms with van der Waals surface area (Å²) in [5.74, 6) is 4.93. The van der Waals surface area contributed by atoms with E-state index in [-0.39, 0.29) is 0 Å². The first kappa shape index (κ1) is 44.2. The molecule has 0 N–H and O–H groups in total. The van der Waals surface area contributed by atoms with Crippen LogP contribution in [0.5, 0.6) is 34.5 Å². The van der Waals surface area contributed by atoms with Gasteiger partial charge >= 0.3 is 326 Å². The first-order chi connectivity index (χ1) is 29.0. The van der Waals surface area contributed by atoms with Crippen molar-refractivity contribution in [2.75, 3.05) is 6.16 Å². The van der Waals surface area contributed by atoms with Gasteiger partial charge in [-0.25, -0.2) is 0 Å². The van der Waals surface area contributed by atoms with E-state index in [0.29, 0.717) is 0 Å². The number of benzene rings is 6. The number of hydrogen-bond acceptors (Lipinski definition) is 3. The van der Waals surface area contributed by atoms with Gasteiger partial charge < -0.3 is 0 Å². The third-order valence-electron chi connectivity index (χ3n) is 11.5. The van der Waals surface area contributed by atoms with Gasteiger partial charge in [0.1, 0.15) is 0 Å². The molecule has 310 valence electrons. The van der Waals surface area contributed by atoms with Crippen LogP contribution in [0.3, 0.4) is 0 Å². The van der Waals surface area contributed by atoms with E-state index >= 15 is 0 Å². The van der Waals surface area contributed by atoms with Gasteiger partial charge in [-0.15, -0.1) is 0 Å². The van der Waals surface area contributed by atoms with E-state index in [0.717, 1.165) is 47.1 Å². The molecule has 59 heavy (non-hydrogen) atoms. The quantitative estimate of drug-likeness (QED) is 0.0401. The van der Waals surface area contributed by atoms with Crippen molar-refractivity contribution in [3.8, 4) is 34.5 Å². The molecular weight excluding hydrogens is 807 g/mol. The molecule has 6 rings (SSSR count). The molecule has 5 heteroatoms. The van der Waals surface area contributed by atoms with E-state index < -0.39 is 5.31 Å². The van der Waals surface area contributed by atoms with Crippen molar-refractivity contribution in [1.82, 2.24) is 0 Å². The predicted octanol–water partition coefficient (Wildman–Crippen LogP) is 16.5. The van der Waals surface area contributed by atoms with Crippen LogP contribution in [0.15, 0.2) is 164 Å². The third kappa shape index (κ3) is 12.8. The Labute approximate surface area is 363 Å². The van der Waals surface area contributed by atoms with Crippen molar-refractivity contribution in [1.29, 1.82) is 0 Å². The Hall–Kier alpha value is -4.37. The standard InChI is InChI=1S/C54H64BrO3P/c1-2-3-4-5-6-7-8-9-10-11-12-13-14-15-16-26-45-59(55,52-39-33-49(34-40-52)56-46-27-20-17-21-28-46,53-41-35-50(36-42-53)57-47-29-22-18-23-30-47)54-43-37-51(38-44-54)58-48-31-24-19-25-32-48/h17-25,27-44H,2-16,26,45H2,1H3. The van der Waals surface area contributed by atoms with Crippen molar-refractivity contribution >= 4 is 36.7 Å². The zero-order chi connectivity index (χ0) is 40.9. The summed E-state index contributed by atoms with van der Waals surface area (Å²) in [4.78, 5) is 0. The molecule has 0 fully saturated rings. The molecule has 0 saturated heterocycles. The van der Waals surface area contributed by atoms with Crippen LogP contribution < -0.4 is 30.1 Å². The molecular formula is C54H64BrO3P. The van der Waals surface area contributed by atoms with Crippen LogP contribution in [0.1, 0.15) is 110 Å². The molecule has 0 aromatic heterocycles. The summed E-state index contributed by atoms with van der Waals surface area (Å²) in [7, 11) is 0. The Bertz CT molecular complexity index is 1830. The number of para-hydroxylation sites is 3. The molecule has 6 aromatic rings. The van der Waals surface area contributed by atoms with Crippen LogP contribution in [0, 0.1) is 0 Å². The second kappa shape index (κ2) is 23.4. The van der Waals surface area contributed by atoms with Crippen molar-refractivity contribution < 1.29 is 14.2 Å². The first-order valence-corrected chi connectivity index (χ1v) is 26.7. The zero-order valence-corrected chi connectivity index (χ0v) is 37.6. The van der Waals surface area contributed by atoms with Crippen LogP contribution in [-0.4, -0.2) is 6.16 Å². The van der Waals surface area contributed by atoms with Gasteiger partial charge in [0.05, 0.1) is 0 Å². The second-order valence-corrected chi connectivity index (χ2v) is 25.0. The zero-order valence-electron chi connectivity index (χ0n) is 35.2. The summed E-state index contributed by atoms with van der Waals surface area (Å²) >= 11 is 4.74. The van der Waals surface area contributed by atoms with Crippen LogP contribution in [0.25, 0.3) is 0 Å². The second-order valence-electron chi connectivity index (χ2n) is 15.9. The average molecular weight is 872 g/mol. The molecule has 3 nitrogen and oxygen atoms in total. The fourth-order valence-electron chi connectivity index (χ4n) is 8.14. The van der Waals surface area contributed by atoms with Crippen LogP contribution in [-0.2, 0) is 0 Å². The molecule has 0 aliphatic carbocycles. The molecule has 0 radical (unpaired) electrons. The predicted molar refractivity (Wildman–Crippen MR) is 258 cm³/mol. The molecule has 0 amide bonds. The monoisotopic (exact) mass is 870 g/mol. The Morgan fingerprint density at radius 3 is 0.814 bits per heavy atom. The van der Waals surface area contributed by atoms with Gasteiger partial charge in [-0.3, -0.25) is 0 Å². The summed E-state index contributed by atoms with van der Waals surface area (Å²) < 4.78 is 18.9. The number of ether oxygens (including phenoxy) is 3. The summed E-state index contributed by atoms with van der Waals surface area (Å²) in [5.41, 5.74) is 0. The van der Waals surface area contributed by atoms with Crippen molar-refractivity contribution in [3.05, 3.63) is 164 Å². The molecule has 0 saturated carbocycles. The molecule has 0 spiro atoms. The Morgan fingerprint density at radius 1 is 0.305 bits per heavy atom. The maximum absolute atomic E-state index is 6.30. The molecule has 0 unspecified atom stereocenters. The summed E-state index contributed by atoms with van der Waals surface area (Å²) in [6, 6.07) is 56.4. The molecule has 0 bridgehead atoms. The first-order valence-electron chi connectivity index (χ1n) is 22.3. The molecule has 0 heterocycles. The van der Waals surface area contributed by atoms with E-state index in [1.807, 2.05) is 91.0 Å². The van der Waals surface area contributed by atoms with Crippen LogP contribution in [0.2, 0.25) is 0 Å². The summed E-state index contributed by atoms with van der Waals surface area (Å²) in [6.45, 7) is 2.30. The Kier molecular flexibility index (Phi) is 17.5. The van der Waals surface area contributed by atoms with Crippen molar-refractivity contribution in [3.63, 3.8) is 0 Å². The number of rotatable bonds is 26. The maximum atomic E-state index is 6.30. The number of unbranched alkanes of at least 4 members (excludes halogenated alkanes) is 15.